The zero-order valence-corrected chi connectivity index (χ0v) is 15.7. The second-order valence-electron chi connectivity index (χ2n) is 6.26. The molecule has 0 fully saturated rings. The molecule has 0 bridgehead atoms. The third-order valence-corrected chi connectivity index (χ3v) is 4.28. The second kappa shape index (κ2) is 8.48. The minimum absolute atomic E-state index is 0.300. The molecule has 2 aromatic rings. The summed E-state index contributed by atoms with van der Waals surface area (Å²) in [4.78, 5) is 11.4. The van der Waals surface area contributed by atoms with Crippen LogP contribution in [0.5, 0.6) is 0 Å². The van der Waals surface area contributed by atoms with Crippen molar-refractivity contribution in [2.24, 2.45) is 0 Å². The van der Waals surface area contributed by atoms with Crippen molar-refractivity contribution in [2.45, 2.75) is 34.6 Å². The fourth-order valence-electron chi connectivity index (χ4n) is 2.96. The molecule has 0 aliphatic carbocycles. The fraction of sp³-hybridized carbons (Fsp3) is 0.261. The van der Waals surface area contributed by atoms with Crippen LogP contribution in [0, 0.1) is 13.8 Å². The first kappa shape index (κ1) is 18.7. The van der Waals surface area contributed by atoms with Crippen molar-refractivity contribution < 1.29 is 9.53 Å². The Morgan fingerprint density at radius 3 is 2.48 bits per heavy atom. The van der Waals surface area contributed by atoms with Crippen LogP contribution in [0.1, 0.15) is 37.5 Å². The van der Waals surface area contributed by atoms with Gasteiger partial charge >= 0.3 is 5.97 Å². The molecule has 2 rings (SSSR count). The average molecular weight is 334 g/mol. The first-order chi connectivity index (χ1) is 11.9. The van der Waals surface area contributed by atoms with E-state index >= 15 is 0 Å². The van der Waals surface area contributed by atoms with Crippen LogP contribution in [0.15, 0.2) is 60.2 Å². The van der Waals surface area contributed by atoms with Crippen LogP contribution in [0.2, 0.25) is 0 Å². The van der Waals surface area contributed by atoms with E-state index in [1.165, 1.54) is 39.1 Å². The molecule has 2 heteroatoms. The predicted molar refractivity (Wildman–Crippen MR) is 107 cm³/mol. The van der Waals surface area contributed by atoms with Crippen LogP contribution in [-0.2, 0) is 9.53 Å². The lowest BCUT2D eigenvalue weighted by atomic mass is 9.92. The molecule has 0 aliphatic heterocycles. The molecule has 0 unspecified atom stereocenters. The molecule has 2 nitrogen and oxygen atoms in total. The topological polar surface area (TPSA) is 26.3 Å². The summed E-state index contributed by atoms with van der Waals surface area (Å²) in [7, 11) is 0. The summed E-state index contributed by atoms with van der Waals surface area (Å²) >= 11 is 0. The van der Waals surface area contributed by atoms with Crippen LogP contribution in [-0.4, -0.2) is 12.6 Å². The standard InChI is InChI=1S/C23H26O2/c1-6-25-23(24)14-16(2)10-9-11-17(3)22-15-18(4)20-12-7-8-13-21(20)19(22)5/h7-15H,6H2,1-5H3. The van der Waals surface area contributed by atoms with Gasteiger partial charge in [0, 0.05) is 6.08 Å². The minimum Gasteiger partial charge on any atom is -0.463 e. The Morgan fingerprint density at radius 2 is 1.80 bits per heavy atom. The van der Waals surface area contributed by atoms with E-state index in [1.54, 1.807) is 6.92 Å². The van der Waals surface area contributed by atoms with Crippen LogP contribution < -0.4 is 0 Å². The van der Waals surface area contributed by atoms with Crippen LogP contribution in [0.3, 0.4) is 0 Å². The van der Waals surface area contributed by atoms with E-state index in [0.29, 0.717) is 6.61 Å². The molecule has 0 heterocycles. The van der Waals surface area contributed by atoms with Gasteiger partial charge in [0.2, 0.25) is 0 Å². The van der Waals surface area contributed by atoms with Gasteiger partial charge in [-0.2, -0.15) is 0 Å². The van der Waals surface area contributed by atoms with E-state index < -0.39 is 0 Å². The quantitative estimate of drug-likeness (QED) is 0.385. The summed E-state index contributed by atoms with van der Waals surface area (Å²) in [5.74, 6) is -0.300. The number of ether oxygens (including phenoxy) is 1. The molecule has 0 amide bonds. The van der Waals surface area contributed by atoms with Gasteiger partial charge in [0.05, 0.1) is 6.61 Å². The zero-order valence-electron chi connectivity index (χ0n) is 15.7. The van der Waals surface area contributed by atoms with Crippen molar-refractivity contribution >= 4 is 22.3 Å². The van der Waals surface area contributed by atoms with E-state index in [4.69, 9.17) is 4.74 Å². The van der Waals surface area contributed by atoms with E-state index in [1.807, 2.05) is 19.1 Å². The third-order valence-electron chi connectivity index (χ3n) is 4.28. The summed E-state index contributed by atoms with van der Waals surface area (Å²) in [5.41, 5.74) is 5.90. The van der Waals surface area contributed by atoms with Gasteiger partial charge in [0.1, 0.15) is 0 Å². The number of benzene rings is 2. The maximum atomic E-state index is 11.4. The Kier molecular flexibility index (Phi) is 6.35. The van der Waals surface area contributed by atoms with Crippen molar-refractivity contribution in [2.75, 3.05) is 6.61 Å². The molecule has 0 atom stereocenters. The van der Waals surface area contributed by atoms with Crippen molar-refractivity contribution in [3.8, 4) is 0 Å². The molecule has 2 aromatic carbocycles. The summed E-state index contributed by atoms with van der Waals surface area (Å²) in [6, 6.07) is 10.8. The average Bonchev–Trinajstić information content (AvgIpc) is 2.58. The second-order valence-corrected chi connectivity index (χ2v) is 6.26. The minimum atomic E-state index is -0.300. The highest BCUT2D eigenvalue weighted by molar-refractivity contribution is 5.92. The lowest BCUT2D eigenvalue weighted by Crippen LogP contribution is -1.99. The van der Waals surface area contributed by atoms with Crippen molar-refractivity contribution in [1.29, 1.82) is 0 Å². The fourth-order valence-corrected chi connectivity index (χ4v) is 2.96. The van der Waals surface area contributed by atoms with Gasteiger partial charge in [-0.3, -0.25) is 0 Å². The molecule has 130 valence electrons. The Morgan fingerprint density at radius 1 is 1.12 bits per heavy atom. The van der Waals surface area contributed by atoms with Crippen LogP contribution >= 0.6 is 0 Å². The third kappa shape index (κ3) is 4.69. The Labute approximate surface area is 150 Å². The highest BCUT2D eigenvalue weighted by Gasteiger charge is 2.07. The van der Waals surface area contributed by atoms with Gasteiger partial charge in [-0.15, -0.1) is 0 Å². The van der Waals surface area contributed by atoms with Crippen LogP contribution in [0.4, 0.5) is 0 Å². The van der Waals surface area contributed by atoms with E-state index in [-0.39, 0.29) is 5.97 Å². The molecular formula is C23H26O2. The number of fused-ring (bicyclic) bond motifs is 1. The SMILES string of the molecule is CCOC(=O)C=C(C)C=CC=C(C)c1cc(C)c2ccccc2c1C. The molecule has 0 aromatic heterocycles. The maximum absolute atomic E-state index is 11.4. The number of hydrogen-bond acceptors (Lipinski definition) is 2. The molecule has 0 N–H and O–H groups in total. The molecular weight excluding hydrogens is 308 g/mol. The maximum Gasteiger partial charge on any atom is 0.330 e. The smallest absolute Gasteiger partial charge is 0.330 e. The number of carbonyl (C=O) groups is 1. The zero-order chi connectivity index (χ0) is 18.4. The van der Waals surface area contributed by atoms with Gasteiger partial charge in [-0.05, 0) is 73.2 Å². The monoisotopic (exact) mass is 334 g/mol. The normalized spacial score (nSPS) is 12.8. The van der Waals surface area contributed by atoms with Crippen LogP contribution in [0.25, 0.3) is 16.3 Å². The molecule has 0 spiro atoms. The summed E-state index contributed by atoms with van der Waals surface area (Å²) < 4.78 is 4.91. The van der Waals surface area contributed by atoms with Crippen molar-refractivity contribution in [3.05, 3.63) is 76.9 Å². The lowest BCUT2D eigenvalue weighted by Gasteiger charge is -2.12. The summed E-state index contributed by atoms with van der Waals surface area (Å²) in [6.45, 7) is 10.5. The van der Waals surface area contributed by atoms with Gasteiger partial charge in [0.15, 0.2) is 0 Å². The number of esters is 1. The van der Waals surface area contributed by atoms with E-state index in [2.05, 4.69) is 57.2 Å². The predicted octanol–water partition coefficient (Wildman–Crippen LogP) is 5.93. The highest BCUT2D eigenvalue weighted by Crippen LogP contribution is 2.29. The van der Waals surface area contributed by atoms with E-state index in [0.717, 1.165) is 5.57 Å². The highest BCUT2D eigenvalue weighted by atomic mass is 16.5. The lowest BCUT2D eigenvalue weighted by molar-refractivity contribution is -0.137. The first-order valence-corrected chi connectivity index (χ1v) is 8.63. The number of carbonyl (C=O) groups excluding carboxylic acids is 1. The molecule has 25 heavy (non-hydrogen) atoms. The van der Waals surface area contributed by atoms with Gasteiger partial charge in [-0.1, -0.05) is 48.6 Å². The van der Waals surface area contributed by atoms with Gasteiger partial charge in [0.25, 0.3) is 0 Å². The molecule has 0 radical (unpaired) electrons. The Balaban J connectivity index is 2.28. The first-order valence-electron chi connectivity index (χ1n) is 8.63. The Bertz CT molecular complexity index is 867. The molecule has 0 saturated carbocycles. The number of allylic oxidation sites excluding steroid dienone is 5. The van der Waals surface area contributed by atoms with Crippen molar-refractivity contribution in [3.63, 3.8) is 0 Å². The van der Waals surface area contributed by atoms with Gasteiger partial charge < -0.3 is 4.74 Å². The number of rotatable bonds is 5. The van der Waals surface area contributed by atoms with Crippen molar-refractivity contribution in [1.82, 2.24) is 0 Å². The number of aryl methyl sites for hydroxylation is 2. The van der Waals surface area contributed by atoms with E-state index in [9.17, 15) is 4.79 Å². The summed E-state index contributed by atoms with van der Waals surface area (Å²) in [5, 5.41) is 2.60. The molecule has 0 aliphatic rings. The van der Waals surface area contributed by atoms with Gasteiger partial charge in [-0.25, -0.2) is 4.79 Å². The largest absolute Gasteiger partial charge is 0.463 e. The Hall–Kier alpha value is -2.61. The molecule has 0 saturated heterocycles. The summed E-state index contributed by atoms with van der Waals surface area (Å²) in [6.07, 6.45) is 7.49. The number of hydrogen-bond donors (Lipinski definition) is 0.